The Morgan fingerprint density at radius 1 is 0.826 bits per heavy atom. The van der Waals surface area contributed by atoms with E-state index in [1.54, 1.807) is 0 Å². The Balaban J connectivity index is 1.98. The van der Waals surface area contributed by atoms with Crippen LogP contribution in [0.3, 0.4) is 0 Å². The average Bonchev–Trinajstić information content (AvgIpc) is 2.54. The number of rotatable bonds is 13. The molecule has 0 heterocycles. The Hall–Kier alpha value is -1.64. The third kappa shape index (κ3) is 10.7. The smallest absolute Gasteiger partial charge is 0.231 e. The SMILES string of the molecule is CCCCCCCCCCCC(=O)CC(=O)Nc1ccccc1. The summed E-state index contributed by atoms with van der Waals surface area (Å²) in [5, 5.41) is 2.75. The fourth-order valence-electron chi connectivity index (χ4n) is 2.63. The van der Waals surface area contributed by atoms with E-state index in [0.717, 1.165) is 18.5 Å². The van der Waals surface area contributed by atoms with Crippen LogP contribution in [0.1, 0.15) is 77.6 Å². The molecular formula is C20H31NO2. The van der Waals surface area contributed by atoms with Gasteiger partial charge in [-0.25, -0.2) is 0 Å². The van der Waals surface area contributed by atoms with Crippen molar-refractivity contribution in [3.63, 3.8) is 0 Å². The van der Waals surface area contributed by atoms with Crippen LogP contribution < -0.4 is 5.32 Å². The molecule has 1 aromatic rings. The summed E-state index contributed by atoms with van der Waals surface area (Å²) in [7, 11) is 0. The molecule has 0 aliphatic carbocycles. The molecule has 0 fully saturated rings. The number of nitrogens with one attached hydrogen (secondary N) is 1. The maximum absolute atomic E-state index is 11.8. The van der Waals surface area contributed by atoms with Crippen molar-refractivity contribution in [2.75, 3.05) is 5.32 Å². The van der Waals surface area contributed by atoms with Gasteiger partial charge >= 0.3 is 0 Å². The molecule has 0 aromatic heterocycles. The third-order valence-corrected chi connectivity index (χ3v) is 3.97. The molecule has 0 bridgehead atoms. The Bertz CT molecular complexity index is 442. The molecule has 0 aliphatic heterocycles. The Labute approximate surface area is 140 Å². The molecule has 0 saturated carbocycles. The topological polar surface area (TPSA) is 46.2 Å². The largest absolute Gasteiger partial charge is 0.326 e. The number of amides is 1. The highest BCUT2D eigenvalue weighted by Gasteiger charge is 2.09. The molecule has 3 heteroatoms. The van der Waals surface area contributed by atoms with Crippen LogP contribution in [0.25, 0.3) is 0 Å². The van der Waals surface area contributed by atoms with Crippen LogP contribution in [0.4, 0.5) is 5.69 Å². The second kappa shape index (κ2) is 12.9. The van der Waals surface area contributed by atoms with Crippen molar-refractivity contribution in [2.24, 2.45) is 0 Å². The minimum atomic E-state index is -0.211. The zero-order valence-corrected chi connectivity index (χ0v) is 14.5. The molecule has 0 saturated heterocycles. The summed E-state index contributed by atoms with van der Waals surface area (Å²) in [5.74, 6) is -0.168. The van der Waals surface area contributed by atoms with Gasteiger partial charge in [0.15, 0.2) is 0 Å². The summed E-state index contributed by atoms with van der Waals surface area (Å²) < 4.78 is 0. The van der Waals surface area contributed by atoms with Crippen molar-refractivity contribution in [3.8, 4) is 0 Å². The van der Waals surface area contributed by atoms with Gasteiger partial charge in [0.05, 0.1) is 6.42 Å². The second-order valence-corrected chi connectivity index (χ2v) is 6.21. The molecule has 0 radical (unpaired) electrons. The van der Waals surface area contributed by atoms with Gasteiger partial charge in [-0.2, -0.15) is 0 Å². The van der Waals surface area contributed by atoms with Crippen molar-refractivity contribution in [1.29, 1.82) is 0 Å². The Morgan fingerprint density at radius 3 is 2.00 bits per heavy atom. The number of carbonyl (C=O) groups is 2. The third-order valence-electron chi connectivity index (χ3n) is 3.97. The number of unbranched alkanes of at least 4 members (excludes halogenated alkanes) is 8. The van der Waals surface area contributed by atoms with Gasteiger partial charge in [0.25, 0.3) is 0 Å². The first kappa shape index (κ1) is 19.4. The molecular weight excluding hydrogens is 286 g/mol. The molecule has 3 nitrogen and oxygen atoms in total. The maximum atomic E-state index is 11.8. The van der Waals surface area contributed by atoms with E-state index in [9.17, 15) is 9.59 Å². The van der Waals surface area contributed by atoms with Crippen LogP contribution >= 0.6 is 0 Å². The normalized spacial score (nSPS) is 10.5. The van der Waals surface area contributed by atoms with Gasteiger partial charge in [-0.1, -0.05) is 76.5 Å². The molecule has 0 unspecified atom stereocenters. The molecule has 1 aromatic carbocycles. The predicted molar refractivity (Wildman–Crippen MR) is 96.5 cm³/mol. The van der Waals surface area contributed by atoms with Crippen LogP contribution in [-0.2, 0) is 9.59 Å². The van der Waals surface area contributed by atoms with E-state index in [1.807, 2.05) is 30.3 Å². The number of hydrogen-bond acceptors (Lipinski definition) is 2. The van der Waals surface area contributed by atoms with Gasteiger partial charge in [-0.3, -0.25) is 9.59 Å². The summed E-state index contributed by atoms with van der Waals surface area (Å²) in [6, 6.07) is 9.26. The Morgan fingerprint density at radius 2 is 1.39 bits per heavy atom. The van der Waals surface area contributed by atoms with E-state index in [0.29, 0.717) is 6.42 Å². The summed E-state index contributed by atoms with van der Waals surface area (Å²) in [4.78, 5) is 23.5. The van der Waals surface area contributed by atoms with Crippen LogP contribution in [0, 0.1) is 0 Å². The number of carbonyl (C=O) groups excluding carboxylic acids is 2. The van der Waals surface area contributed by atoms with Crippen molar-refractivity contribution in [2.45, 2.75) is 77.6 Å². The van der Waals surface area contributed by atoms with Crippen LogP contribution in [0.15, 0.2) is 30.3 Å². The maximum Gasteiger partial charge on any atom is 0.231 e. The fraction of sp³-hybridized carbons (Fsp3) is 0.600. The number of hydrogen-bond donors (Lipinski definition) is 1. The number of anilines is 1. The van der Waals surface area contributed by atoms with E-state index >= 15 is 0 Å². The van der Waals surface area contributed by atoms with E-state index in [1.165, 1.54) is 44.9 Å². The first-order chi connectivity index (χ1) is 11.2. The van der Waals surface area contributed by atoms with Crippen LogP contribution in [0.5, 0.6) is 0 Å². The fourth-order valence-corrected chi connectivity index (χ4v) is 2.63. The highest BCUT2D eigenvalue weighted by atomic mass is 16.2. The number of benzene rings is 1. The molecule has 1 rings (SSSR count). The summed E-state index contributed by atoms with van der Waals surface area (Å²) in [6.45, 7) is 2.23. The minimum absolute atomic E-state index is 0.00802. The van der Waals surface area contributed by atoms with Crippen LogP contribution in [-0.4, -0.2) is 11.7 Å². The zero-order chi connectivity index (χ0) is 16.8. The molecule has 1 amide bonds. The van der Waals surface area contributed by atoms with Crippen LogP contribution in [0.2, 0.25) is 0 Å². The lowest BCUT2D eigenvalue weighted by Crippen LogP contribution is -2.16. The minimum Gasteiger partial charge on any atom is -0.326 e. The summed E-state index contributed by atoms with van der Waals surface area (Å²) >= 11 is 0. The van der Waals surface area contributed by atoms with Crippen molar-refractivity contribution < 1.29 is 9.59 Å². The first-order valence-electron chi connectivity index (χ1n) is 9.09. The van der Waals surface area contributed by atoms with Gasteiger partial charge in [0.2, 0.25) is 5.91 Å². The van der Waals surface area contributed by atoms with Gasteiger partial charge < -0.3 is 5.32 Å². The number of Topliss-reactive ketones (excluding diaryl/α,β-unsaturated/α-hetero) is 1. The molecule has 128 valence electrons. The zero-order valence-electron chi connectivity index (χ0n) is 14.5. The predicted octanol–water partition coefficient (Wildman–Crippen LogP) is 5.51. The first-order valence-corrected chi connectivity index (χ1v) is 9.09. The van der Waals surface area contributed by atoms with Gasteiger partial charge in [-0.15, -0.1) is 0 Å². The summed E-state index contributed by atoms with van der Waals surface area (Å²) in [6.07, 6.45) is 11.6. The highest BCUT2D eigenvalue weighted by Crippen LogP contribution is 2.11. The number of para-hydroxylation sites is 1. The van der Waals surface area contributed by atoms with Crippen molar-refractivity contribution in [1.82, 2.24) is 0 Å². The van der Waals surface area contributed by atoms with Crippen molar-refractivity contribution in [3.05, 3.63) is 30.3 Å². The monoisotopic (exact) mass is 317 g/mol. The van der Waals surface area contributed by atoms with Gasteiger partial charge in [0, 0.05) is 12.1 Å². The molecule has 0 aliphatic rings. The molecule has 1 N–H and O–H groups in total. The van der Waals surface area contributed by atoms with E-state index in [-0.39, 0.29) is 18.1 Å². The molecule has 0 atom stereocenters. The van der Waals surface area contributed by atoms with E-state index in [2.05, 4.69) is 12.2 Å². The standard InChI is InChI=1S/C20H31NO2/c1-2-3-4-5-6-7-8-9-13-16-19(22)17-20(23)21-18-14-11-10-12-15-18/h10-12,14-15H,2-9,13,16-17H2,1H3,(H,21,23). The highest BCUT2D eigenvalue weighted by molar-refractivity contribution is 6.04. The van der Waals surface area contributed by atoms with E-state index < -0.39 is 0 Å². The quantitative estimate of drug-likeness (QED) is 0.385. The second-order valence-electron chi connectivity index (χ2n) is 6.21. The lowest BCUT2D eigenvalue weighted by atomic mass is 10.0. The van der Waals surface area contributed by atoms with Gasteiger partial charge in [-0.05, 0) is 18.6 Å². The van der Waals surface area contributed by atoms with Crippen molar-refractivity contribution >= 4 is 17.4 Å². The lowest BCUT2D eigenvalue weighted by molar-refractivity contribution is -0.125. The summed E-state index contributed by atoms with van der Waals surface area (Å²) in [5.41, 5.74) is 0.744. The molecule has 0 spiro atoms. The van der Waals surface area contributed by atoms with Gasteiger partial charge in [0.1, 0.15) is 5.78 Å². The molecule has 23 heavy (non-hydrogen) atoms. The number of ketones is 1. The van der Waals surface area contributed by atoms with E-state index in [4.69, 9.17) is 0 Å². The Kier molecular flexibility index (Phi) is 10.9. The lowest BCUT2D eigenvalue weighted by Gasteiger charge is -2.05. The average molecular weight is 317 g/mol.